The van der Waals surface area contributed by atoms with Gasteiger partial charge in [0.05, 0.1) is 0 Å². The van der Waals surface area contributed by atoms with Crippen LogP contribution in [0.5, 0.6) is 0 Å². The SMILES string of the molecule is CCC1(CC)CC(NCC(C)C)C1. The number of hydrogen-bond donors (Lipinski definition) is 1. The highest BCUT2D eigenvalue weighted by molar-refractivity contribution is 4.95. The number of hydrogen-bond acceptors (Lipinski definition) is 1. The van der Waals surface area contributed by atoms with Crippen molar-refractivity contribution in [2.24, 2.45) is 11.3 Å². The minimum atomic E-state index is 0.703. The largest absolute Gasteiger partial charge is 0.314 e. The second-order valence-corrected chi connectivity index (χ2v) is 5.11. The molecule has 0 aromatic heterocycles. The topological polar surface area (TPSA) is 12.0 Å². The van der Waals surface area contributed by atoms with Crippen molar-refractivity contribution < 1.29 is 0 Å². The molecule has 0 radical (unpaired) electrons. The van der Waals surface area contributed by atoms with E-state index >= 15 is 0 Å². The molecule has 13 heavy (non-hydrogen) atoms. The highest BCUT2D eigenvalue weighted by Gasteiger charge is 2.40. The molecule has 1 N–H and O–H groups in total. The van der Waals surface area contributed by atoms with Crippen molar-refractivity contribution in [3.8, 4) is 0 Å². The van der Waals surface area contributed by atoms with Crippen LogP contribution in [0.1, 0.15) is 53.4 Å². The molecule has 1 aliphatic rings. The molecule has 0 saturated heterocycles. The average Bonchev–Trinajstić information content (AvgIpc) is 2.03. The third kappa shape index (κ3) is 2.70. The van der Waals surface area contributed by atoms with Gasteiger partial charge in [-0.25, -0.2) is 0 Å². The molecule has 0 bridgehead atoms. The van der Waals surface area contributed by atoms with Gasteiger partial charge in [0.1, 0.15) is 0 Å². The summed E-state index contributed by atoms with van der Waals surface area (Å²) in [6.45, 7) is 10.4. The first-order valence-corrected chi connectivity index (χ1v) is 5.85. The van der Waals surface area contributed by atoms with Crippen LogP contribution in [0.2, 0.25) is 0 Å². The van der Waals surface area contributed by atoms with E-state index < -0.39 is 0 Å². The van der Waals surface area contributed by atoms with Gasteiger partial charge in [-0.1, -0.05) is 40.5 Å². The molecule has 1 heteroatoms. The molecule has 0 spiro atoms. The van der Waals surface area contributed by atoms with Gasteiger partial charge < -0.3 is 5.32 Å². The molecule has 1 saturated carbocycles. The summed E-state index contributed by atoms with van der Waals surface area (Å²) in [6, 6.07) is 0.822. The van der Waals surface area contributed by atoms with E-state index in [1.807, 2.05) is 0 Å². The first-order chi connectivity index (χ1) is 6.12. The van der Waals surface area contributed by atoms with Gasteiger partial charge in [-0.3, -0.25) is 0 Å². The van der Waals surface area contributed by atoms with Crippen LogP contribution in [-0.2, 0) is 0 Å². The van der Waals surface area contributed by atoms with E-state index in [0.717, 1.165) is 12.0 Å². The Kier molecular flexibility index (Phi) is 3.78. The van der Waals surface area contributed by atoms with Crippen molar-refractivity contribution in [1.82, 2.24) is 5.32 Å². The van der Waals surface area contributed by atoms with Crippen LogP contribution in [0.4, 0.5) is 0 Å². The van der Waals surface area contributed by atoms with Gasteiger partial charge in [0.15, 0.2) is 0 Å². The molecule has 1 rings (SSSR count). The number of nitrogens with one attached hydrogen (secondary N) is 1. The highest BCUT2D eigenvalue weighted by Crippen LogP contribution is 2.46. The van der Waals surface area contributed by atoms with Gasteiger partial charge in [0, 0.05) is 6.04 Å². The summed E-state index contributed by atoms with van der Waals surface area (Å²) in [5.74, 6) is 0.790. The second-order valence-electron chi connectivity index (χ2n) is 5.11. The molecule has 0 aromatic rings. The van der Waals surface area contributed by atoms with Gasteiger partial charge >= 0.3 is 0 Å². The van der Waals surface area contributed by atoms with Crippen LogP contribution in [0, 0.1) is 11.3 Å². The summed E-state index contributed by atoms with van der Waals surface area (Å²) in [5, 5.41) is 3.64. The fraction of sp³-hybridized carbons (Fsp3) is 1.00. The third-order valence-corrected chi connectivity index (χ3v) is 3.67. The lowest BCUT2D eigenvalue weighted by molar-refractivity contribution is 0.0707. The lowest BCUT2D eigenvalue weighted by atomic mass is 9.62. The van der Waals surface area contributed by atoms with Gasteiger partial charge in [-0.05, 0) is 30.7 Å². The van der Waals surface area contributed by atoms with Crippen LogP contribution in [0.15, 0.2) is 0 Å². The molecule has 1 aliphatic carbocycles. The summed E-state index contributed by atoms with van der Waals surface area (Å²) >= 11 is 0. The zero-order valence-electron chi connectivity index (χ0n) is 9.69. The molecule has 1 nitrogen and oxygen atoms in total. The van der Waals surface area contributed by atoms with Crippen molar-refractivity contribution in [2.75, 3.05) is 6.54 Å². The van der Waals surface area contributed by atoms with Crippen molar-refractivity contribution in [3.05, 3.63) is 0 Å². The van der Waals surface area contributed by atoms with Crippen LogP contribution >= 0.6 is 0 Å². The first-order valence-electron chi connectivity index (χ1n) is 5.85. The summed E-state index contributed by atoms with van der Waals surface area (Å²) < 4.78 is 0. The van der Waals surface area contributed by atoms with E-state index in [9.17, 15) is 0 Å². The van der Waals surface area contributed by atoms with E-state index in [1.54, 1.807) is 0 Å². The van der Waals surface area contributed by atoms with Crippen molar-refractivity contribution in [1.29, 1.82) is 0 Å². The third-order valence-electron chi connectivity index (χ3n) is 3.67. The smallest absolute Gasteiger partial charge is 0.00777 e. The molecule has 1 fully saturated rings. The van der Waals surface area contributed by atoms with Crippen molar-refractivity contribution in [3.63, 3.8) is 0 Å². The molecule has 0 amide bonds. The molecular formula is C12H25N. The standard InChI is InChI=1S/C12H25N/c1-5-12(6-2)7-11(8-12)13-9-10(3)4/h10-11,13H,5-9H2,1-4H3. The number of rotatable bonds is 5. The zero-order chi connectivity index (χ0) is 9.90. The van der Waals surface area contributed by atoms with E-state index in [0.29, 0.717) is 5.41 Å². The van der Waals surface area contributed by atoms with Gasteiger partial charge in [-0.2, -0.15) is 0 Å². The maximum atomic E-state index is 3.64. The Labute approximate surface area is 83.3 Å². The lowest BCUT2D eigenvalue weighted by Gasteiger charge is -2.48. The molecular weight excluding hydrogens is 158 g/mol. The van der Waals surface area contributed by atoms with Crippen LogP contribution in [-0.4, -0.2) is 12.6 Å². The van der Waals surface area contributed by atoms with E-state index in [1.165, 1.54) is 32.2 Å². The summed E-state index contributed by atoms with van der Waals surface area (Å²) in [6.07, 6.45) is 5.55. The molecule has 0 atom stereocenters. The minimum Gasteiger partial charge on any atom is -0.314 e. The predicted octanol–water partition coefficient (Wildman–Crippen LogP) is 3.20. The molecule has 0 aliphatic heterocycles. The van der Waals surface area contributed by atoms with Gasteiger partial charge in [0.2, 0.25) is 0 Å². The van der Waals surface area contributed by atoms with Crippen molar-refractivity contribution in [2.45, 2.75) is 59.4 Å². The summed E-state index contributed by atoms with van der Waals surface area (Å²) in [7, 11) is 0. The monoisotopic (exact) mass is 183 g/mol. The van der Waals surface area contributed by atoms with E-state index in [2.05, 4.69) is 33.0 Å². The van der Waals surface area contributed by atoms with E-state index in [-0.39, 0.29) is 0 Å². The van der Waals surface area contributed by atoms with Crippen LogP contribution in [0.3, 0.4) is 0 Å². The van der Waals surface area contributed by atoms with E-state index in [4.69, 9.17) is 0 Å². The Morgan fingerprint density at radius 1 is 1.23 bits per heavy atom. The Hall–Kier alpha value is -0.0400. The highest BCUT2D eigenvalue weighted by atomic mass is 14.9. The van der Waals surface area contributed by atoms with Crippen LogP contribution in [0.25, 0.3) is 0 Å². The van der Waals surface area contributed by atoms with Crippen molar-refractivity contribution >= 4 is 0 Å². The summed E-state index contributed by atoms with van der Waals surface area (Å²) in [4.78, 5) is 0. The fourth-order valence-corrected chi connectivity index (χ4v) is 2.36. The fourth-order valence-electron chi connectivity index (χ4n) is 2.36. The molecule has 0 unspecified atom stereocenters. The maximum Gasteiger partial charge on any atom is 0.00777 e. The van der Waals surface area contributed by atoms with Gasteiger partial charge in [0.25, 0.3) is 0 Å². The Balaban J connectivity index is 2.16. The van der Waals surface area contributed by atoms with Gasteiger partial charge in [-0.15, -0.1) is 0 Å². The molecule has 0 aromatic carbocycles. The zero-order valence-corrected chi connectivity index (χ0v) is 9.69. The molecule has 0 heterocycles. The lowest BCUT2D eigenvalue weighted by Crippen LogP contribution is -2.49. The first kappa shape index (κ1) is 11.0. The Bertz CT molecular complexity index is 139. The quantitative estimate of drug-likeness (QED) is 0.690. The molecule has 78 valence electrons. The Morgan fingerprint density at radius 3 is 2.15 bits per heavy atom. The second kappa shape index (κ2) is 4.45. The maximum absolute atomic E-state index is 3.64. The normalized spacial score (nSPS) is 21.9. The summed E-state index contributed by atoms with van der Waals surface area (Å²) in [5.41, 5.74) is 0.703. The van der Waals surface area contributed by atoms with Crippen LogP contribution < -0.4 is 5.32 Å². The Morgan fingerprint density at radius 2 is 1.77 bits per heavy atom. The minimum absolute atomic E-state index is 0.703. The average molecular weight is 183 g/mol. The predicted molar refractivity (Wildman–Crippen MR) is 58.9 cm³/mol.